The van der Waals surface area contributed by atoms with Crippen LogP contribution in [0.15, 0.2) is 18.2 Å². The third-order valence-electron chi connectivity index (χ3n) is 3.07. The maximum absolute atomic E-state index is 12.2. The highest BCUT2D eigenvalue weighted by atomic mass is 35.5. The van der Waals surface area contributed by atoms with Crippen molar-refractivity contribution >= 4 is 29.1 Å². The molecule has 1 aromatic carbocycles. The van der Waals surface area contributed by atoms with E-state index < -0.39 is 0 Å². The van der Waals surface area contributed by atoms with Crippen molar-refractivity contribution in [2.45, 2.75) is 6.42 Å². The number of halogens is 2. The zero-order valence-electron chi connectivity index (χ0n) is 9.33. The van der Waals surface area contributed by atoms with Gasteiger partial charge in [-0.25, -0.2) is 0 Å². The highest BCUT2D eigenvalue weighted by Gasteiger charge is 2.26. The number of hydrogen-bond donors (Lipinski definition) is 1. The van der Waals surface area contributed by atoms with E-state index in [0.717, 1.165) is 19.5 Å². The summed E-state index contributed by atoms with van der Waals surface area (Å²) in [5.41, 5.74) is 6.18. The van der Waals surface area contributed by atoms with E-state index in [-0.39, 0.29) is 5.91 Å². The number of benzene rings is 1. The van der Waals surface area contributed by atoms with Crippen molar-refractivity contribution in [1.82, 2.24) is 4.90 Å². The summed E-state index contributed by atoms with van der Waals surface area (Å²) in [5.74, 6) is 0.418. The normalized spacial score (nSPS) is 19.7. The Morgan fingerprint density at radius 3 is 2.76 bits per heavy atom. The maximum Gasteiger partial charge on any atom is 0.253 e. The van der Waals surface area contributed by atoms with Crippen LogP contribution in [0.5, 0.6) is 0 Å². The molecule has 1 atom stereocenters. The summed E-state index contributed by atoms with van der Waals surface area (Å²) in [6.07, 6.45) is 0.976. The summed E-state index contributed by atoms with van der Waals surface area (Å²) in [7, 11) is 0. The largest absolute Gasteiger partial charge is 0.338 e. The lowest BCUT2D eigenvalue weighted by Gasteiger charge is -2.16. The molecule has 1 fully saturated rings. The number of likely N-dealkylation sites (tertiary alicyclic amines) is 1. The first-order valence-corrected chi connectivity index (χ1v) is 6.32. The molecule has 1 saturated heterocycles. The van der Waals surface area contributed by atoms with Gasteiger partial charge in [-0.3, -0.25) is 4.79 Å². The molecule has 0 aromatic heterocycles. The maximum atomic E-state index is 12.2. The average molecular weight is 273 g/mol. The minimum absolute atomic E-state index is 0.000448. The van der Waals surface area contributed by atoms with Crippen LogP contribution in [0.4, 0.5) is 0 Å². The lowest BCUT2D eigenvalue weighted by Crippen LogP contribution is -2.29. The first-order valence-electron chi connectivity index (χ1n) is 5.56. The molecule has 2 rings (SSSR count). The number of nitrogens with two attached hydrogens (primary N) is 1. The first kappa shape index (κ1) is 12.7. The highest BCUT2D eigenvalue weighted by Crippen LogP contribution is 2.24. The topological polar surface area (TPSA) is 46.3 Å². The van der Waals surface area contributed by atoms with Crippen molar-refractivity contribution in [2.75, 3.05) is 19.6 Å². The Morgan fingerprint density at radius 2 is 2.18 bits per heavy atom. The molecule has 0 aliphatic carbocycles. The Kier molecular flexibility index (Phi) is 3.92. The van der Waals surface area contributed by atoms with Gasteiger partial charge in [0.15, 0.2) is 0 Å². The number of rotatable bonds is 2. The Labute approximate surface area is 110 Å². The molecule has 0 radical (unpaired) electrons. The number of amides is 1. The van der Waals surface area contributed by atoms with Crippen LogP contribution in [0.25, 0.3) is 0 Å². The first-order chi connectivity index (χ1) is 8.11. The molecule has 1 heterocycles. The number of carbonyl (C=O) groups excluding carboxylic acids is 1. The summed E-state index contributed by atoms with van der Waals surface area (Å²) in [6, 6.07) is 4.96. The average Bonchev–Trinajstić information content (AvgIpc) is 2.80. The molecular weight excluding hydrogens is 259 g/mol. The summed E-state index contributed by atoms with van der Waals surface area (Å²) >= 11 is 11.7. The molecule has 0 saturated carbocycles. The minimum Gasteiger partial charge on any atom is -0.338 e. The van der Waals surface area contributed by atoms with Crippen LogP contribution in [0.3, 0.4) is 0 Å². The lowest BCUT2D eigenvalue weighted by atomic mass is 10.1. The van der Waals surface area contributed by atoms with Gasteiger partial charge in [0.1, 0.15) is 0 Å². The van der Waals surface area contributed by atoms with Crippen LogP contribution >= 0.6 is 23.2 Å². The fraction of sp³-hybridized carbons (Fsp3) is 0.417. The van der Waals surface area contributed by atoms with Crippen LogP contribution in [-0.2, 0) is 0 Å². The molecule has 3 nitrogen and oxygen atoms in total. The van der Waals surface area contributed by atoms with Crippen molar-refractivity contribution in [3.8, 4) is 0 Å². The molecule has 1 aliphatic rings. The van der Waals surface area contributed by atoms with Gasteiger partial charge in [0.2, 0.25) is 0 Å². The Balaban J connectivity index is 2.12. The second kappa shape index (κ2) is 5.25. The summed E-state index contributed by atoms with van der Waals surface area (Å²) in [4.78, 5) is 14.0. The van der Waals surface area contributed by atoms with Gasteiger partial charge in [0.05, 0.1) is 10.0 Å². The van der Waals surface area contributed by atoms with E-state index >= 15 is 0 Å². The van der Waals surface area contributed by atoms with Crippen LogP contribution in [0.2, 0.25) is 10.0 Å². The molecular formula is C12H14Cl2N2O. The third-order valence-corrected chi connectivity index (χ3v) is 3.81. The fourth-order valence-corrected chi connectivity index (χ4v) is 2.32. The number of hydrogen-bond acceptors (Lipinski definition) is 2. The summed E-state index contributed by atoms with van der Waals surface area (Å²) < 4.78 is 0. The number of carbonyl (C=O) groups is 1. The van der Waals surface area contributed by atoms with Crippen LogP contribution in [0.1, 0.15) is 16.8 Å². The van der Waals surface area contributed by atoms with E-state index in [1.165, 1.54) is 0 Å². The minimum atomic E-state index is -0.000448. The zero-order chi connectivity index (χ0) is 12.4. The molecule has 2 N–H and O–H groups in total. The lowest BCUT2D eigenvalue weighted by molar-refractivity contribution is 0.0787. The Morgan fingerprint density at radius 1 is 1.41 bits per heavy atom. The second-order valence-corrected chi connectivity index (χ2v) is 5.08. The molecule has 1 amide bonds. The summed E-state index contributed by atoms with van der Waals surface area (Å²) in [6.45, 7) is 2.13. The molecule has 0 spiro atoms. The van der Waals surface area contributed by atoms with Gasteiger partial charge >= 0.3 is 0 Å². The van der Waals surface area contributed by atoms with E-state index in [4.69, 9.17) is 28.9 Å². The van der Waals surface area contributed by atoms with Crippen LogP contribution in [-0.4, -0.2) is 30.4 Å². The third kappa shape index (κ3) is 2.73. The highest BCUT2D eigenvalue weighted by molar-refractivity contribution is 6.42. The van der Waals surface area contributed by atoms with E-state index in [0.29, 0.717) is 28.1 Å². The molecule has 0 unspecified atom stereocenters. The molecule has 5 heteroatoms. The predicted molar refractivity (Wildman–Crippen MR) is 69.5 cm³/mol. The van der Waals surface area contributed by atoms with Crippen molar-refractivity contribution in [3.63, 3.8) is 0 Å². The van der Waals surface area contributed by atoms with Gasteiger partial charge < -0.3 is 10.6 Å². The molecule has 1 aliphatic heterocycles. The number of nitrogens with zero attached hydrogens (tertiary/aromatic N) is 1. The van der Waals surface area contributed by atoms with E-state index in [9.17, 15) is 4.79 Å². The smallest absolute Gasteiger partial charge is 0.253 e. The van der Waals surface area contributed by atoms with Gasteiger partial charge in [-0.15, -0.1) is 0 Å². The van der Waals surface area contributed by atoms with Gasteiger partial charge in [0, 0.05) is 18.7 Å². The molecule has 0 bridgehead atoms. The van der Waals surface area contributed by atoms with Gasteiger partial charge in [-0.2, -0.15) is 0 Å². The quantitative estimate of drug-likeness (QED) is 0.899. The van der Waals surface area contributed by atoms with Gasteiger partial charge in [-0.05, 0) is 37.1 Å². The fourth-order valence-electron chi connectivity index (χ4n) is 2.02. The molecule has 1 aromatic rings. The van der Waals surface area contributed by atoms with Crippen LogP contribution in [0, 0.1) is 5.92 Å². The molecule has 17 heavy (non-hydrogen) atoms. The summed E-state index contributed by atoms with van der Waals surface area (Å²) in [5, 5.41) is 0.872. The van der Waals surface area contributed by atoms with Crippen molar-refractivity contribution in [1.29, 1.82) is 0 Å². The van der Waals surface area contributed by atoms with E-state index in [1.54, 1.807) is 18.2 Å². The van der Waals surface area contributed by atoms with Crippen molar-refractivity contribution in [2.24, 2.45) is 11.7 Å². The molecule has 92 valence electrons. The second-order valence-electron chi connectivity index (χ2n) is 4.27. The van der Waals surface area contributed by atoms with Crippen molar-refractivity contribution < 1.29 is 4.79 Å². The van der Waals surface area contributed by atoms with Gasteiger partial charge in [-0.1, -0.05) is 23.2 Å². The van der Waals surface area contributed by atoms with Crippen molar-refractivity contribution in [3.05, 3.63) is 33.8 Å². The zero-order valence-corrected chi connectivity index (χ0v) is 10.8. The Bertz CT molecular complexity index is 437. The Hall–Kier alpha value is -0.770. The standard InChI is InChI=1S/C12H14Cl2N2O/c13-10-2-1-9(5-11(10)14)12(17)16-4-3-8(6-15)7-16/h1-2,5,8H,3-4,6-7,15H2/t8-/m0/s1. The van der Waals surface area contributed by atoms with E-state index in [2.05, 4.69) is 0 Å². The monoisotopic (exact) mass is 272 g/mol. The van der Waals surface area contributed by atoms with Gasteiger partial charge in [0.25, 0.3) is 5.91 Å². The van der Waals surface area contributed by atoms with E-state index in [1.807, 2.05) is 4.90 Å². The SMILES string of the molecule is NC[C@@H]1CCN(C(=O)c2ccc(Cl)c(Cl)c2)C1. The predicted octanol–water partition coefficient (Wildman–Crippen LogP) is 2.41. The van der Waals surface area contributed by atoms with Crippen LogP contribution < -0.4 is 5.73 Å².